The number of piperazine rings is 1. The SMILES string of the molecule is N#CC1(NS(=O)(=O)c2cc(N3CCN4CCOC[C@H]4C3)n3ncc(-c4nnc(C(F)F)s4)c3c2)CC1. The molecule has 11 nitrogen and oxygen atoms in total. The molecule has 6 rings (SSSR count). The second kappa shape index (κ2) is 8.67. The van der Waals surface area contributed by atoms with Gasteiger partial charge in [0.2, 0.25) is 10.0 Å². The molecule has 2 aliphatic heterocycles. The lowest BCUT2D eigenvalue weighted by molar-refractivity contribution is -0.0118. The number of hydrogen-bond donors (Lipinski definition) is 1. The highest BCUT2D eigenvalue weighted by molar-refractivity contribution is 7.89. The van der Waals surface area contributed by atoms with Crippen molar-refractivity contribution in [3.63, 3.8) is 0 Å². The number of fused-ring (bicyclic) bond motifs is 2. The van der Waals surface area contributed by atoms with Gasteiger partial charge in [-0.2, -0.15) is 15.1 Å². The van der Waals surface area contributed by atoms with Crippen LogP contribution in [0.3, 0.4) is 0 Å². The number of aromatic nitrogens is 4. The zero-order valence-electron chi connectivity index (χ0n) is 19.0. The number of rotatable bonds is 6. The van der Waals surface area contributed by atoms with E-state index in [0.29, 0.717) is 56.0 Å². The van der Waals surface area contributed by atoms with Crippen molar-refractivity contribution in [2.24, 2.45) is 0 Å². The van der Waals surface area contributed by atoms with Gasteiger partial charge in [0.05, 0.1) is 47.5 Å². The van der Waals surface area contributed by atoms with Crippen molar-refractivity contribution in [1.29, 1.82) is 5.26 Å². The average molecular weight is 537 g/mol. The van der Waals surface area contributed by atoms with Crippen molar-refractivity contribution in [3.8, 4) is 16.6 Å². The van der Waals surface area contributed by atoms with Crippen molar-refractivity contribution in [1.82, 2.24) is 29.4 Å². The van der Waals surface area contributed by atoms with Gasteiger partial charge in [-0.25, -0.2) is 21.7 Å². The standard InChI is InChI=1S/C21H22F2N8O3S2/c22-18(23)20-27-26-19(35-20)15-9-25-31-16(15)7-14(36(32,33)28-21(12-24)1-2-21)8-17(31)30-4-3-29-5-6-34-11-13(29)10-30/h7-9,13,18,28H,1-6,10-11H2/t13-/m1/s1. The van der Waals surface area contributed by atoms with Crippen LogP contribution in [-0.2, 0) is 14.8 Å². The molecule has 36 heavy (non-hydrogen) atoms. The fraction of sp³-hybridized carbons (Fsp3) is 0.524. The first-order valence-electron chi connectivity index (χ1n) is 11.4. The maximum absolute atomic E-state index is 13.4. The monoisotopic (exact) mass is 536 g/mol. The minimum atomic E-state index is -4.06. The van der Waals surface area contributed by atoms with Crippen molar-refractivity contribution < 1.29 is 21.9 Å². The minimum Gasteiger partial charge on any atom is -0.378 e. The number of sulfonamides is 1. The van der Waals surface area contributed by atoms with E-state index in [1.165, 1.54) is 12.3 Å². The molecule has 0 radical (unpaired) electrons. The van der Waals surface area contributed by atoms with Crippen LogP contribution in [-0.4, -0.2) is 84.1 Å². The van der Waals surface area contributed by atoms with Gasteiger partial charge < -0.3 is 9.64 Å². The number of anilines is 1. The normalized spacial score (nSPS) is 22.1. The Morgan fingerprint density at radius 3 is 2.81 bits per heavy atom. The van der Waals surface area contributed by atoms with Crippen LogP contribution in [0.4, 0.5) is 14.6 Å². The average Bonchev–Trinajstić information content (AvgIpc) is 3.26. The summed E-state index contributed by atoms with van der Waals surface area (Å²) < 4.78 is 62.8. The fourth-order valence-electron chi connectivity index (χ4n) is 4.65. The van der Waals surface area contributed by atoms with E-state index in [2.05, 4.69) is 29.8 Å². The Morgan fingerprint density at radius 1 is 1.25 bits per heavy atom. The van der Waals surface area contributed by atoms with Gasteiger partial charge in [0.1, 0.15) is 11.4 Å². The Bertz CT molecular complexity index is 1460. The number of nitrogens with one attached hydrogen (secondary N) is 1. The van der Waals surface area contributed by atoms with Gasteiger partial charge in [0.25, 0.3) is 6.43 Å². The summed E-state index contributed by atoms with van der Waals surface area (Å²) in [6, 6.07) is 5.18. The highest BCUT2D eigenvalue weighted by atomic mass is 32.2. The molecule has 3 aliphatic rings. The zero-order valence-corrected chi connectivity index (χ0v) is 20.6. The number of ether oxygens (including phenoxy) is 1. The molecule has 0 aromatic carbocycles. The van der Waals surface area contributed by atoms with Crippen LogP contribution in [0.5, 0.6) is 0 Å². The molecule has 1 N–H and O–H groups in total. The van der Waals surface area contributed by atoms with Crippen molar-refractivity contribution in [2.45, 2.75) is 35.7 Å². The lowest BCUT2D eigenvalue weighted by atomic mass is 10.1. The summed E-state index contributed by atoms with van der Waals surface area (Å²) in [7, 11) is -4.06. The number of pyridine rings is 1. The highest BCUT2D eigenvalue weighted by Gasteiger charge is 2.47. The second-order valence-electron chi connectivity index (χ2n) is 9.16. The first-order chi connectivity index (χ1) is 17.3. The lowest BCUT2D eigenvalue weighted by Crippen LogP contribution is -2.58. The van der Waals surface area contributed by atoms with E-state index < -0.39 is 27.0 Å². The van der Waals surface area contributed by atoms with E-state index in [1.54, 1.807) is 10.6 Å². The summed E-state index contributed by atoms with van der Waals surface area (Å²) in [5, 5.41) is 21.1. The quantitative estimate of drug-likeness (QED) is 0.500. The molecule has 3 aromatic heterocycles. The molecular formula is C21H22F2N8O3S2. The topological polar surface area (TPSA) is 129 Å². The predicted molar refractivity (Wildman–Crippen MR) is 125 cm³/mol. The third kappa shape index (κ3) is 4.12. The highest BCUT2D eigenvalue weighted by Crippen LogP contribution is 2.38. The van der Waals surface area contributed by atoms with Crippen molar-refractivity contribution in [2.75, 3.05) is 44.3 Å². The summed E-state index contributed by atoms with van der Waals surface area (Å²) >= 11 is 0.736. The summed E-state index contributed by atoms with van der Waals surface area (Å²) in [5.41, 5.74) is -0.294. The van der Waals surface area contributed by atoms with Crippen LogP contribution < -0.4 is 9.62 Å². The van der Waals surface area contributed by atoms with Crippen LogP contribution in [0.1, 0.15) is 24.3 Å². The molecule has 3 aromatic rings. The summed E-state index contributed by atoms with van der Waals surface area (Å²) in [6.07, 6.45) is -0.388. The third-order valence-electron chi connectivity index (χ3n) is 6.80. The van der Waals surface area contributed by atoms with E-state index >= 15 is 0 Å². The van der Waals surface area contributed by atoms with Crippen LogP contribution in [0.25, 0.3) is 16.1 Å². The van der Waals surface area contributed by atoms with Crippen molar-refractivity contribution in [3.05, 3.63) is 23.3 Å². The first kappa shape index (κ1) is 23.6. The smallest absolute Gasteiger partial charge is 0.291 e. The predicted octanol–water partition coefficient (Wildman–Crippen LogP) is 1.65. The Morgan fingerprint density at radius 2 is 2.08 bits per heavy atom. The van der Waals surface area contributed by atoms with E-state index in [-0.39, 0.29) is 15.9 Å². The summed E-state index contributed by atoms with van der Waals surface area (Å²) in [6.45, 7) is 4.15. The Hall–Kier alpha value is -2.77. The first-order valence-corrected chi connectivity index (χ1v) is 13.7. The zero-order chi connectivity index (χ0) is 25.1. The number of nitriles is 1. The molecule has 15 heteroatoms. The molecule has 1 saturated carbocycles. The molecule has 1 atom stereocenters. The number of hydrogen-bond acceptors (Lipinski definition) is 10. The molecule has 3 fully saturated rings. The molecule has 0 amide bonds. The second-order valence-corrected chi connectivity index (χ2v) is 11.9. The van der Waals surface area contributed by atoms with Crippen molar-refractivity contribution >= 4 is 32.7 Å². The number of nitrogens with zero attached hydrogens (tertiary/aromatic N) is 7. The Balaban J connectivity index is 1.46. The maximum Gasteiger partial charge on any atom is 0.291 e. The molecule has 2 saturated heterocycles. The largest absolute Gasteiger partial charge is 0.378 e. The van der Waals surface area contributed by atoms with Crippen LogP contribution in [0, 0.1) is 11.3 Å². The molecule has 0 bridgehead atoms. The Kier molecular flexibility index (Phi) is 5.68. The van der Waals surface area contributed by atoms with Crippen LogP contribution in [0.15, 0.2) is 23.2 Å². The molecular weight excluding hydrogens is 514 g/mol. The van der Waals surface area contributed by atoms with E-state index in [1.807, 2.05) is 6.07 Å². The van der Waals surface area contributed by atoms with Gasteiger partial charge in [0, 0.05) is 32.2 Å². The van der Waals surface area contributed by atoms with Gasteiger partial charge in [-0.05, 0) is 18.9 Å². The third-order valence-corrected chi connectivity index (χ3v) is 9.28. The van der Waals surface area contributed by atoms with Gasteiger partial charge in [-0.15, -0.1) is 10.2 Å². The number of morpholine rings is 1. The van der Waals surface area contributed by atoms with Gasteiger partial charge >= 0.3 is 0 Å². The molecule has 190 valence electrons. The number of halogens is 2. The van der Waals surface area contributed by atoms with Gasteiger partial charge in [-0.3, -0.25) is 4.90 Å². The molecule has 0 unspecified atom stereocenters. The lowest BCUT2D eigenvalue weighted by Gasteiger charge is -2.44. The van der Waals surface area contributed by atoms with Gasteiger partial charge in [-0.1, -0.05) is 11.3 Å². The molecule has 5 heterocycles. The minimum absolute atomic E-state index is 0.0332. The number of alkyl halides is 2. The van der Waals surface area contributed by atoms with E-state index in [4.69, 9.17) is 4.74 Å². The molecule has 1 aliphatic carbocycles. The van der Waals surface area contributed by atoms with Crippen LogP contribution >= 0.6 is 11.3 Å². The fourth-order valence-corrected chi connectivity index (χ4v) is 6.78. The maximum atomic E-state index is 13.4. The summed E-state index contributed by atoms with van der Waals surface area (Å²) in [5.74, 6) is 0.546. The summed E-state index contributed by atoms with van der Waals surface area (Å²) in [4.78, 5) is 4.37. The Labute approximate surface area is 209 Å². The van der Waals surface area contributed by atoms with E-state index in [9.17, 15) is 22.5 Å². The van der Waals surface area contributed by atoms with Gasteiger partial charge in [0.15, 0.2) is 10.0 Å². The van der Waals surface area contributed by atoms with E-state index in [0.717, 1.165) is 24.4 Å². The molecule has 0 spiro atoms. The van der Waals surface area contributed by atoms with Crippen LogP contribution in [0.2, 0.25) is 0 Å².